The van der Waals surface area contributed by atoms with Gasteiger partial charge in [0.2, 0.25) is 0 Å². The molecule has 56 heavy (non-hydrogen) atoms. The van der Waals surface area contributed by atoms with Crippen molar-refractivity contribution >= 4 is 44.6 Å². The summed E-state index contributed by atoms with van der Waals surface area (Å²) in [7, 11) is 0. The van der Waals surface area contributed by atoms with Crippen LogP contribution in [0.2, 0.25) is 0 Å². The molecule has 5 aromatic carbocycles. The monoisotopic (exact) mass is 916 g/mol. The van der Waals surface area contributed by atoms with Crippen LogP contribution in [0.3, 0.4) is 0 Å². The van der Waals surface area contributed by atoms with E-state index in [9.17, 15) is 0 Å². The number of nitrogens with zero attached hydrogens (tertiary/aromatic N) is 4. The second-order valence-electron chi connectivity index (χ2n) is 17.3. The summed E-state index contributed by atoms with van der Waals surface area (Å²) in [5.74, 6) is 2.74. The molecule has 0 saturated heterocycles. The van der Waals surface area contributed by atoms with Gasteiger partial charge in [0.15, 0.2) is 0 Å². The molecule has 6 heteroatoms. The van der Waals surface area contributed by atoms with Crippen molar-refractivity contribution in [2.75, 3.05) is 9.80 Å². The molecular formula is C50H49N4OPt-3. The number of para-hydroxylation sites is 3. The summed E-state index contributed by atoms with van der Waals surface area (Å²) in [5, 5.41) is 2.26. The second kappa shape index (κ2) is 14.9. The first-order valence-corrected chi connectivity index (χ1v) is 19.8. The maximum absolute atomic E-state index is 6.59. The minimum absolute atomic E-state index is 0. The molecule has 1 aliphatic carbocycles. The van der Waals surface area contributed by atoms with Gasteiger partial charge in [-0.25, -0.2) is 4.98 Å². The van der Waals surface area contributed by atoms with Gasteiger partial charge in [-0.15, -0.1) is 48.1 Å². The van der Waals surface area contributed by atoms with Gasteiger partial charge in [-0.2, -0.15) is 12.1 Å². The Balaban J connectivity index is 0.00000441. The molecule has 1 saturated carbocycles. The molecule has 5 nitrogen and oxygen atoms in total. The van der Waals surface area contributed by atoms with Crippen LogP contribution in [0.4, 0.5) is 22.7 Å². The average Bonchev–Trinajstić information content (AvgIpc) is 3.74. The van der Waals surface area contributed by atoms with Crippen molar-refractivity contribution in [1.82, 2.24) is 9.55 Å². The third-order valence-electron chi connectivity index (χ3n) is 11.4. The molecular weight excluding hydrogens is 868 g/mol. The van der Waals surface area contributed by atoms with E-state index in [1.54, 1.807) is 0 Å². The number of hydrogen-bond donors (Lipinski definition) is 0. The first-order chi connectivity index (χ1) is 26.5. The first kappa shape index (κ1) is 38.0. The molecule has 2 aromatic heterocycles. The summed E-state index contributed by atoms with van der Waals surface area (Å²) < 4.78 is 8.79. The van der Waals surface area contributed by atoms with Crippen LogP contribution >= 0.6 is 0 Å². The predicted octanol–water partition coefficient (Wildman–Crippen LogP) is 13.6. The van der Waals surface area contributed by atoms with E-state index in [1.807, 2.05) is 24.4 Å². The van der Waals surface area contributed by atoms with Crippen LogP contribution in [0.1, 0.15) is 96.3 Å². The van der Waals surface area contributed by atoms with E-state index in [-0.39, 0.29) is 31.9 Å². The van der Waals surface area contributed by atoms with Gasteiger partial charge in [0, 0.05) is 61.3 Å². The summed E-state index contributed by atoms with van der Waals surface area (Å²) in [6.45, 7) is 15.9. The van der Waals surface area contributed by atoms with Crippen molar-refractivity contribution in [3.63, 3.8) is 0 Å². The number of pyridine rings is 1. The quantitative estimate of drug-likeness (QED) is 0.156. The SMILES string of the molecule is CC(C)(C)c1cc(C2CCCCC2)cc(N2[CH-]N(c3[c-]c(Oc4[c-]c5c(cc4)c4ccccc4n5-c4cc(C(C)(C)C)ccn4)ccc3)c3ccccc32)c1.[Pt]. The van der Waals surface area contributed by atoms with E-state index in [4.69, 9.17) is 9.72 Å². The number of ether oxygens (including phenoxy) is 1. The van der Waals surface area contributed by atoms with Crippen molar-refractivity contribution in [3.8, 4) is 17.3 Å². The molecule has 1 fully saturated rings. The van der Waals surface area contributed by atoms with Gasteiger partial charge in [-0.05, 0) is 94.1 Å². The van der Waals surface area contributed by atoms with Crippen LogP contribution in [0.15, 0.2) is 115 Å². The van der Waals surface area contributed by atoms with Crippen LogP contribution in [-0.4, -0.2) is 9.55 Å². The van der Waals surface area contributed by atoms with Crippen LogP contribution in [0.5, 0.6) is 11.5 Å². The fraction of sp³-hybridized carbons (Fsp3) is 0.280. The predicted molar refractivity (Wildman–Crippen MR) is 227 cm³/mol. The molecule has 0 atom stereocenters. The van der Waals surface area contributed by atoms with Crippen molar-refractivity contribution < 1.29 is 25.8 Å². The topological polar surface area (TPSA) is 33.5 Å². The van der Waals surface area contributed by atoms with Gasteiger partial charge in [-0.1, -0.05) is 103 Å². The molecule has 0 radical (unpaired) electrons. The molecule has 0 spiro atoms. The smallest absolute Gasteiger partial charge is 0.135 e. The summed E-state index contributed by atoms with van der Waals surface area (Å²) in [5.41, 5.74) is 10.5. The van der Waals surface area contributed by atoms with E-state index in [0.717, 1.165) is 44.7 Å². The number of benzene rings is 5. The first-order valence-electron chi connectivity index (χ1n) is 19.8. The molecule has 2 aliphatic rings. The minimum atomic E-state index is -0.00601. The Bertz CT molecular complexity index is 2530. The van der Waals surface area contributed by atoms with E-state index in [1.165, 1.54) is 54.5 Å². The van der Waals surface area contributed by atoms with Gasteiger partial charge in [0.05, 0.1) is 0 Å². The molecule has 288 valence electrons. The average molecular weight is 917 g/mol. The number of hydrogen-bond acceptors (Lipinski definition) is 4. The number of rotatable bonds is 6. The van der Waals surface area contributed by atoms with Crippen molar-refractivity contribution in [3.05, 3.63) is 151 Å². The Morgan fingerprint density at radius 1 is 0.661 bits per heavy atom. The number of fused-ring (bicyclic) bond motifs is 4. The molecule has 0 unspecified atom stereocenters. The fourth-order valence-corrected chi connectivity index (χ4v) is 8.32. The minimum Gasteiger partial charge on any atom is -0.509 e. The molecule has 0 bridgehead atoms. The maximum Gasteiger partial charge on any atom is 0.135 e. The molecule has 9 rings (SSSR count). The molecule has 7 aromatic rings. The zero-order valence-corrected chi connectivity index (χ0v) is 35.4. The Labute approximate surface area is 346 Å². The zero-order chi connectivity index (χ0) is 37.9. The van der Waals surface area contributed by atoms with Crippen LogP contribution in [0, 0.1) is 18.8 Å². The van der Waals surface area contributed by atoms with E-state index in [0.29, 0.717) is 17.4 Å². The summed E-state index contributed by atoms with van der Waals surface area (Å²) >= 11 is 0. The Morgan fingerprint density at radius 2 is 1.38 bits per heavy atom. The van der Waals surface area contributed by atoms with E-state index in [2.05, 4.69) is 166 Å². The van der Waals surface area contributed by atoms with Gasteiger partial charge >= 0.3 is 0 Å². The van der Waals surface area contributed by atoms with Gasteiger partial charge in [0.1, 0.15) is 5.82 Å². The molecule has 0 N–H and O–H groups in total. The Kier molecular flexibility index (Phi) is 10.1. The largest absolute Gasteiger partial charge is 0.509 e. The normalized spacial score (nSPS) is 15.0. The summed E-state index contributed by atoms with van der Waals surface area (Å²) in [4.78, 5) is 9.42. The van der Waals surface area contributed by atoms with Crippen molar-refractivity contribution in [1.29, 1.82) is 0 Å². The van der Waals surface area contributed by atoms with Crippen molar-refractivity contribution in [2.45, 2.75) is 90.4 Å². The molecule has 1 aliphatic heterocycles. The Hall–Kier alpha value is -4.86. The molecule has 0 amide bonds. The summed E-state index contributed by atoms with van der Waals surface area (Å²) in [6.07, 6.45) is 8.44. The standard InChI is InChI=1S/C50H49N4O.Pt/c1-49(2,3)36-25-26-51-48(30-36)54-44-20-11-10-19-42(44)43-24-23-41(32-47(43)54)55-40-18-14-17-38(31-40)52-33-53(46-22-13-12-21-45(46)52)39-28-35(34-15-8-7-9-16-34)27-37(29-39)50(4,5)6;/h10-14,17-30,33-34H,7-9,15-16H2,1-6H3;/q-3;. The number of aromatic nitrogens is 2. The fourth-order valence-electron chi connectivity index (χ4n) is 8.32. The Morgan fingerprint density at radius 3 is 2.14 bits per heavy atom. The van der Waals surface area contributed by atoms with Crippen LogP contribution in [-0.2, 0) is 31.9 Å². The van der Waals surface area contributed by atoms with Crippen molar-refractivity contribution in [2.24, 2.45) is 0 Å². The third kappa shape index (κ3) is 7.16. The van der Waals surface area contributed by atoms with Gasteiger partial charge < -0.3 is 19.1 Å². The van der Waals surface area contributed by atoms with Gasteiger partial charge in [-0.3, -0.25) is 0 Å². The zero-order valence-electron chi connectivity index (χ0n) is 33.2. The molecule has 3 heterocycles. The third-order valence-corrected chi connectivity index (χ3v) is 11.4. The van der Waals surface area contributed by atoms with Gasteiger partial charge in [0.25, 0.3) is 0 Å². The summed E-state index contributed by atoms with van der Waals surface area (Å²) in [6, 6.07) is 46.2. The van der Waals surface area contributed by atoms with Crippen LogP contribution in [0.25, 0.3) is 27.6 Å². The van der Waals surface area contributed by atoms with E-state index >= 15 is 0 Å². The number of anilines is 4. The second-order valence-corrected chi connectivity index (χ2v) is 17.3. The van der Waals surface area contributed by atoms with E-state index < -0.39 is 0 Å². The maximum atomic E-state index is 6.59. The van der Waals surface area contributed by atoms with Crippen LogP contribution < -0.4 is 14.5 Å².